The molecular formula is C10H12N2O. The molecule has 0 aliphatic rings. The molecule has 3 heteroatoms. The second-order valence-electron chi connectivity index (χ2n) is 2.65. The van der Waals surface area contributed by atoms with Crippen LogP contribution in [0.5, 0.6) is 0 Å². The summed E-state index contributed by atoms with van der Waals surface area (Å²) >= 11 is 0. The average molecular weight is 176 g/mol. The maximum atomic E-state index is 8.51. The van der Waals surface area contributed by atoms with Gasteiger partial charge in [0.15, 0.2) is 0 Å². The second-order valence-corrected chi connectivity index (χ2v) is 2.65. The number of rotatable bonds is 2. The summed E-state index contributed by atoms with van der Waals surface area (Å²) in [5, 5.41) is 8.51. The van der Waals surface area contributed by atoms with Crippen LogP contribution in [0.1, 0.15) is 24.4 Å². The van der Waals surface area contributed by atoms with Crippen molar-refractivity contribution in [1.29, 1.82) is 0 Å². The van der Waals surface area contributed by atoms with Crippen LogP contribution in [0.25, 0.3) is 0 Å². The molecule has 0 radical (unpaired) electrons. The Labute approximate surface area is 77.9 Å². The molecule has 0 saturated carbocycles. The van der Waals surface area contributed by atoms with Crippen LogP contribution in [0.2, 0.25) is 0 Å². The second kappa shape index (κ2) is 5.28. The van der Waals surface area contributed by atoms with Crippen molar-refractivity contribution in [2.45, 2.75) is 19.8 Å². The first-order valence-corrected chi connectivity index (χ1v) is 4.22. The topological polar surface area (TPSA) is 46.0 Å². The first-order chi connectivity index (χ1) is 6.33. The van der Waals surface area contributed by atoms with Gasteiger partial charge in [0.25, 0.3) is 0 Å². The summed E-state index contributed by atoms with van der Waals surface area (Å²) in [5.74, 6) is 6.29. The molecule has 1 aromatic rings. The maximum absolute atomic E-state index is 8.51. The molecule has 1 N–H and O–H groups in total. The Bertz CT molecular complexity index is 325. The van der Waals surface area contributed by atoms with Gasteiger partial charge in [0, 0.05) is 24.9 Å². The molecule has 0 amide bonds. The van der Waals surface area contributed by atoms with Crippen molar-refractivity contribution in [3.05, 3.63) is 23.8 Å². The van der Waals surface area contributed by atoms with Crippen LogP contribution in [0.15, 0.2) is 12.3 Å². The first kappa shape index (κ1) is 9.69. The van der Waals surface area contributed by atoms with E-state index >= 15 is 0 Å². The first-order valence-electron chi connectivity index (χ1n) is 4.22. The molecule has 13 heavy (non-hydrogen) atoms. The Kier molecular flexibility index (Phi) is 3.94. The third kappa shape index (κ3) is 3.68. The van der Waals surface area contributed by atoms with Gasteiger partial charge in [-0.2, -0.15) is 0 Å². The standard InChI is InChI=1S/C10H12N2O/c1-9-6-7-11-10(12-9)5-3-2-4-8-13/h6-7,13H,2,4,8H2,1H3. The highest BCUT2D eigenvalue weighted by Gasteiger charge is 1.88. The van der Waals surface area contributed by atoms with Gasteiger partial charge in [0.05, 0.1) is 0 Å². The van der Waals surface area contributed by atoms with E-state index in [9.17, 15) is 0 Å². The van der Waals surface area contributed by atoms with E-state index in [4.69, 9.17) is 5.11 Å². The molecule has 0 spiro atoms. The molecular weight excluding hydrogens is 164 g/mol. The molecule has 1 aromatic heterocycles. The van der Waals surface area contributed by atoms with Crippen molar-refractivity contribution < 1.29 is 5.11 Å². The summed E-state index contributed by atoms with van der Waals surface area (Å²) in [6.07, 6.45) is 3.09. The molecule has 0 bridgehead atoms. The van der Waals surface area contributed by atoms with Gasteiger partial charge in [-0.15, -0.1) is 0 Å². The number of aliphatic hydroxyl groups excluding tert-OH is 1. The SMILES string of the molecule is Cc1ccnc(C#CCCCO)n1. The predicted molar refractivity (Wildman–Crippen MR) is 50.0 cm³/mol. The van der Waals surface area contributed by atoms with Gasteiger partial charge < -0.3 is 5.11 Å². The van der Waals surface area contributed by atoms with Crippen LogP contribution < -0.4 is 0 Å². The van der Waals surface area contributed by atoms with E-state index in [-0.39, 0.29) is 6.61 Å². The largest absolute Gasteiger partial charge is 0.396 e. The minimum atomic E-state index is 0.184. The molecule has 1 heterocycles. The fraction of sp³-hybridized carbons (Fsp3) is 0.400. The van der Waals surface area contributed by atoms with Crippen molar-refractivity contribution in [2.75, 3.05) is 6.61 Å². The number of aromatic nitrogens is 2. The summed E-state index contributed by atoms with van der Waals surface area (Å²) in [7, 11) is 0. The molecule has 1 rings (SSSR count). The van der Waals surface area contributed by atoms with Crippen LogP contribution >= 0.6 is 0 Å². The lowest BCUT2D eigenvalue weighted by atomic mass is 10.3. The van der Waals surface area contributed by atoms with Gasteiger partial charge in [0.1, 0.15) is 0 Å². The lowest BCUT2D eigenvalue weighted by Crippen LogP contribution is -1.89. The molecule has 68 valence electrons. The quantitative estimate of drug-likeness (QED) is 0.538. The number of unbranched alkanes of at least 4 members (excludes halogenated alkanes) is 1. The Morgan fingerprint density at radius 2 is 2.38 bits per heavy atom. The van der Waals surface area contributed by atoms with Crippen LogP contribution in [-0.4, -0.2) is 21.7 Å². The fourth-order valence-corrected chi connectivity index (χ4v) is 0.818. The minimum absolute atomic E-state index is 0.184. The average Bonchev–Trinajstić information content (AvgIpc) is 2.13. The summed E-state index contributed by atoms with van der Waals surface area (Å²) in [4.78, 5) is 8.11. The molecule has 0 aliphatic carbocycles. The summed E-state index contributed by atoms with van der Waals surface area (Å²) in [6.45, 7) is 2.09. The van der Waals surface area contributed by atoms with Crippen molar-refractivity contribution in [1.82, 2.24) is 9.97 Å². The minimum Gasteiger partial charge on any atom is -0.396 e. The van der Waals surface area contributed by atoms with Gasteiger partial charge in [0.2, 0.25) is 5.82 Å². The number of hydrogen-bond acceptors (Lipinski definition) is 3. The van der Waals surface area contributed by atoms with Gasteiger partial charge in [-0.1, -0.05) is 5.92 Å². The third-order valence-corrected chi connectivity index (χ3v) is 1.45. The highest BCUT2D eigenvalue weighted by Crippen LogP contribution is 1.91. The number of hydrogen-bond donors (Lipinski definition) is 1. The van der Waals surface area contributed by atoms with Crippen LogP contribution in [0.4, 0.5) is 0 Å². The smallest absolute Gasteiger partial charge is 0.205 e. The molecule has 0 unspecified atom stereocenters. The van der Waals surface area contributed by atoms with Crippen LogP contribution in [0, 0.1) is 18.8 Å². The Hall–Kier alpha value is -1.40. The Balaban J connectivity index is 2.56. The zero-order valence-electron chi connectivity index (χ0n) is 7.62. The van der Waals surface area contributed by atoms with Crippen LogP contribution in [-0.2, 0) is 0 Å². The molecule has 3 nitrogen and oxygen atoms in total. The van der Waals surface area contributed by atoms with E-state index in [2.05, 4.69) is 21.8 Å². The van der Waals surface area contributed by atoms with Crippen molar-refractivity contribution in [3.63, 3.8) is 0 Å². The molecule has 0 aliphatic heterocycles. The monoisotopic (exact) mass is 176 g/mol. The number of aliphatic hydroxyl groups is 1. The number of nitrogens with zero attached hydrogens (tertiary/aromatic N) is 2. The zero-order chi connectivity index (χ0) is 9.52. The summed E-state index contributed by atoms with van der Waals surface area (Å²) in [6, 6.07) is 1.83. The molecule has 0 atom stereocenters. The molecule has 0 saturated heterocycles. The molecule has 0 fully saturated rings. The predicted octanol–water partition coefficient (Wildman–Crippen LogP) is 0.909. The van der Waals surface area contributed by atoms with Crippen LogP contribution in [0.3, 0.4) is 0 Å². The highest BCUT2D eigenvalue weighted by molar-refractivity contribution is 5.20. The van der Waals surface area contributed by atoms with Crippen molar-refractivity contribution >= 4 is 0 Å². The zero-order valence-corrected chi connectivity index (χ0v) is 7.62. The van der Waals surface area contributed by atoms with E-state index in [1.807, 2.05) is 13.0 Å². The highest BCUT2D eigenvalue weighted by atomic mass is 16.2. The lowest BCUT2D eigenvalue weighted by molar-refractivity contribution is 0.290. The van der Waals surface area contributed by atoms with Gasteiger partial charge >= 0.3 is 0 Å². The van der Waals surface area contributed by atoms with Crippen molar-refractivity contribution in [2.24, 2.45) is 0 Å². The Morgan fingerprint density at radius 3 is 3.08 bits per heavy atom. The third-order valence-electron chi connectivity index (χ3n) is 1.45. The molecule has 0 aromatic carbocycles. The number of aryl methyl sites for hydroxylation is 1. The van der Waals surface area contributed by atoms with E-state index < -0.39 is 0 Å². The van der Waals surface area contributed by atoms with Gasteiger partial charge in [-0.3, -0.25) is 0 Å². The normalized spacial score (nSPS) is 9.08. The summed E-state index contributed by atoms with van der Waals surface area (Å²) < 4.78 is 0. The van der Waals surface area contributed by atoms with E-state index in [1.54, 1.807) is 6.20 Å². The van der Waals surface area contributed by atoms with Crippen molar-refractivity contribution in [3.8, 4) is 11.8 Å². The van der Waals surface area contributed by atoms with E-state index in [1.165, 1.54) is 0 Å². The van der Waals surface area contributed by atoms with E-state index in [0.29, 0.717) is 18.7 Å². The maximum Gasteiger partial charge on any atom is 0.205 e. The fourth-order valence-electron chi connectivity index (χ4n) is 0.818. The van der Waals surface area contributed by atoms with Gasteiger partial charge in [-0.05, 0) is 25.3 Å². The lowest BCUT2D eigenvalue weighted by Gasteiger charge is -1.90. The summed E-state index contributed by atoms with van der Waals surface area (Å²) in [5.41, 5.74) is 0.918. The van der Waals surface area contributed by atoms with Gasteiger partial charge in [-0.25, -0.2) is 9.97 Å². The van der Waals surface area contributed by atoms with E-state index in [0.717, 1.165) is 5.69 Å². The Morgan fingerprint density at radius 1 is 1.54 bits per heavy atom.